The van der Waals surface area contributed by atoms with Crippen LogP contribution in [0.1, 0.15) is 28.9 Å². The summed E-state index contributed by atoms with van der Waals surface area (Å²) in [4.78, 5) is 35.4. The van der Waals surface area contributed by atoms with E-state index in [4.69, 9.17) is 5.11 Å². The van der Waals surface area contributed by atoms with Crippen molar-refractivity contribution in [1.29, 1.82) is 0 Å². The van der Waals surface area contributed by atoms with Crippen molar-refractivity contribution in [3.05, 3.63) is 51.8 Å². The number of benzene rings is 1. The van der Waals surface area contributed by atoms with Crippen LogP contribution in [0.25, 0.3) is 0 Å². The van der Waals surface area contributed by atoms with E-state index in [-0.39, 0.29) is 36.4 Å². The molecule has 10 nitrogen and oxygen atoms in total. The van der Waals surface area contributed by atoms with Gasteiger partial charge in [0.25, 0.3) is 5.69 Å². The van der Waals surface area contributed by atoms with Crippen molar-refractivity contribution in [3.63, 3.8) is 0 Å². The van der Waals surface area contributed by atoms with Gasteiger partial charge in [-0.25, -0.2) is 9.48 Å². The topological polar surface area (TPSA) is 131 Å². The lowest BCUT2D eigenvalue weighted by atomic mass is 10.2. The van der Waals surface area contributed by atoms with Crippen LogP contribution >= 0.6 is 0 Å². The fraction of sp³-hybridized carbons (Fsp3) is 0.333. The van der Waals surface area contributed by atoms with E-state index in [1.165, 1.54) is 23.0 Å². The Kier molecular flexibility index (Phi) is 4.42. The molecule has 130 valence electrons. The fourth-order valence-electron chi connectivity index (χ4n) is 2.48. The molecule has 2 aromatic rings. The van der Waals surface area contributed by atoms with Gasteiger partial charge in [0.2, 0.25) is 5.91 Å². The van der Waals surface area contributed by atoms with Gasteiger partial charge in [-0.2, -0.15) is 0 Å². The molecule has 25 heavy (non-hydrogen) atoms. The van der Waals surface area contributed by atoms with Crippen molar-refractivity contribution in [2.45, 2.75) is 32.0 Å². The molecule has 1 N–H and O–H groups in total. The summed E-state index contributed by atoms with van der Waals surface area (Å²) < 4.78 is 1.18. The highest BCUT2D eigenvalue weighted by atomic mass is 16.6. The molecular formula is C15H15N5O5. The number of aromatic carboxylic acids is 1. The highest BCUT2D eigenvalue weighted by Crippen LogP contribution is 2.29. The van der Waals surface area contributed by atoms with Crippen LogP contribution < -0.4 is 0 Å². The highest BCUT2D eigenvalue weighted by Gasteiger charge is 2.33. The van der Waals surface area contributed by atoms with Gasteiger partial charge in [-0.1, -0.05) is 17.3 Å². The van der Waals surface area contributed by atoms with E-state index in [2.05, 4.69) is 10.3 Å². The Labute approximate surface area is 141 Å². The largest absolute Gasteiger partial charge is 0.476 e. The Hall–Kier alpha value is -3.30. The molecule has 1 amide bonds. The second-order valence-electron chi connectivity index (χ2n) is 5.79. The number of carboxylic acids is 1. The Bertz CT molecular complexity index is 829. The average molecular weight is 345 g/mol. The zero-order valence-electron chi connectivity index (χ0n) is 13.1. The number of aromatic nitrogens is 3. The molecule has 1 aliphatic carbocycles. The van der Waals surface area contributed by atoms with Gasteiger partial charge in [-0.3, -0.25) is 14.9 Å². The summed E-state index contributed by atoms with van der Waals surface area (Å²) in [6.07, 6.45) is 2.94. The molecule has 0 spiro atoms. The molecule has 1 aromatic carbocycles. The summed E-state index contributed by atoms with van der Waals surface area (Å²) in [6, 6.07) is 6.25. The molecule has 0 unspecified atom stereocenters. The summed E-state index contributed by atoms with van der Waals surface area (Å²) in [5.74, 6) is -1.45. The summed E-state index contributed by atoms with van der Waals surface area (Å²) in [5.41, 5.74) is 0.409. The van der Waals surface area contributed by atoms with Gasteiger partial charge in [-0.05, 0) is 18.4 Å². The maximum atomic E-state index is 12.6. The predicted octanol–water partition coefficient (Wildman–Crippen LogP) is 1.08. The summed E-state index contributed by atoms with van der Waals surface area (Å²) >= 11 is 0. The zero-order valence-corrected chi connectivity index (χ0v) is 13.1. The van der Waals surface area contributed by atoms with Crippen LogP contribution in [0, 0.1) is 10.1 Å². The van der Waals surface area contributed by atoms with Crippen LogP contribution in [0.5, 0.6) is 0 Å². The standard InChI is InChI=1S/C15H15N5O5/c21-14(9-18-8-13(15(22)23)16-17-18)19(11-4-5-11)7-10-2-1-3-12(6-10)20(24)25/h1-3,6,8,11H,4-5,7,9H2,(H,22,23). The van der Waals surface area contributed by atoms with E-state index in [9.17, 15) is 19.7 Å². The Morgan fingerprint density at radius 1 is 1.40 bits per heavy atom. The molecule has 0 radical (unpaired) electrons. The predicted molar refractivity (Wildman–Crippen MR) is 83.6 cm³/mol. The van der Waals surface area contributed by atoms with E-state index in [1.54, 1.807) is 17.0 Å². The monoisotopic (exact) mass is 345 g/mol. The molecular weight excluding hydrogens is 330 g/mol. The normalized spacial score (nSPS) is 13.4. The van der Waals surface area contributed by atoms with Crippen LogP contribution in [0.4, 0.5) is 5.69 Å². The number of nitro benzene ring substituents is 1. The Balaban J connectivity index is 1.72. The molecule has 3 rings (SSSR count). The van der Waals surface area contributed by atoms with Gasteiger partial charge in [0.1, 0.15) is 6.54 Å². The van der Waals surface area contributed by atoms with Crippen molar-refractivity contribution in [1.82, 2.24) is 19.9 Å². The Morgan fingerprint density at radius 3 is 2.76 bits per heavy atom. The third kappa shape index (κ3) is 3.97. The van der Waals surface area contributed by atoms with E-state index in [0.29, 0.717) is 5.56 Å². The second kappa shape index (κ2) is 6.67. The quantitative estimate of drug-likeness (QED) is 0.586. The number of nitro groups is 1. The van der Waals surface area contributed by atoms with Crippen molar-refractivity contribution in [3.8, 4) is 0 Å². The maximum absolute atomic E-state index is 12.6. The maximum Gasteiger partial charge on any atom is 0.358 e. The molecule has 0 bridgehead atoms. The molecule has 1 aromatic heterocycles. The smallest absolute Gasteiger partial charge is 0.358 e. The van der Waals surface area contributed by atoms with Crippen molar-refractivity contribution in [2.24, 2.45) is 0 Å². The lowest BCUT2D eigenvalue weighted by molar-refractivity contribution is -0.384. The number of hydrogen-bond acceptors (Lipinski definition) is 6. The van der Waals surface area contributed by atoms with E-state index in [0.717, 1.165) is 12.8 Å². The van der Waals surface area contributed by atoms with E-state index in [1.807, 2.05) is 0 Å². The number of carboxylic acid groups (broad SMARTS) is 1. The lowest BCUT2D eigenvalue weighted by Gasteiger charge is -2.22. The fourth-order valence-corrected chi connectivity index (χ4v) is 2.48. The van der Waals surface area contributed by atoms with E-state index >= 15 is 0 Å². The number of amides is 1. The third-order valence-corrected chi connectivity index (χ3v) is 3.84. The van der Waals surface area contributed by atoms with Crippen LogP contribution in [-0.4, -0.2) is 47.8 Å². The summed E-state index contributed by atoms with van der Waals surface area (Å²) in [7, 11) is 0. The second-order valence-corrected chi connectivity index (χ2v) is 5.79. The van der Waals surface area contributed by atoms with Crippen molar-refractivity contribution >= 4 is 17.6 Å². The van der Waals surface area contributed by atoms with Gasteiger partial charge >= 0.3 is 5.97 Å². The Morgan fingerprint density at radius 2 is 2.16 bits per heavy atom. The van der Waals surface area contributed by atoms with Gasteiger partial charge in [0.15, 0.2) is 5.69 Å². The van der Waals surface area contributed by atoms with Gasteiger partial charge in [-0.15, -0.1) is 5.10 Å². The van der Waals surface area contributed by atoms with Gasteiger partial charge in [0, 0.05) is 24.7 Å². The van der Waals surface area contributed by atoms with Crippen molar-refractivity contribution in [2.75, 3.05) is 0 Å². The minimum atomic E-state index is -1.21. The number of rotatable bonds is 7. The first-order valence-electron chi connectivity index (χ1n) is 7.60. The molecule has 1 aliphatic rings. The number of carbonyl (C=O) groups is 2. The summed E-state index contributed by atoms with van der Waals surface area (Å²) in [5, 5.41) is 26.8. The molecule has 10 heteroatoms. The summed E-state index contributed by atoms with van der Waals surface area (Å²) in [6.45, 7) is 0.122. The first-order chi connectivity index (χ1) is 11.9. The van der Waals surface area contributed by atoms with Crippen LogP contribution in [-0.2, 0) is 17.9 Å². The first-order valence-corrected chi connectivity index (χ1v) is 7.60. The van der Waals surface area contributed by atoms with Gasteiger partial charge < -0.3 is 10.0 Å². The molecule has 1 saturated carbocycles. The number of non-ortho nitro benzene ring substituents is 1. The molecule has 0 aliphatic heterocycles. The number of nitrogens with zero attached hydrogens (tertiary/aromatic N) is 5. The molecule has 0 saturated heterocycles. The average Bonchev–Trinajstić information content (AvgIpc) is 3.31. The van der Waals surface area contributed by atoms with Crippen LogP contribution in [0.15, 0.2) is 30.5 Å². The first kappa shape index (κ1) is 16.6. The SMILES string of the molecule is O=C(O)c1cn(CC(=O)N(Cc2cccc([N+](=O)[O-])c2)C2CC2)nn1. The van der Waals surface area contributed by atoms with Crippen LogP contribution in [0.2, 0.25) is 0 Å². The highest BCUT2D eigenvalue weighted by molar-refractivity contribution is 5.84. The van der Waals surface area contributed by atoms with Crippen LogP contribution in [0.3, 0.4) is 0 Å². The number of carbonyl (C=O) groups excluding carboxylic acids is 1. The molecule has 1 fully saturated rings. The zero-order chi connectivity index (χ0) is 18.0. The van der Waals surface area contributed by atoms with E-state index < -0.39 is 10.9 Å². The third-order valence-electron chi connectivity index (χ3n) is 3.84. The minimum Gasteiger partial charge on any atom is -0.476 e. The molecule has 1 heterocycles. The van der Waals surface area contributed by atoms with Gasteiger partial charge in [0.05, 0.1) is 11.1 Å². The number of hydrogen-bond donors (Lipinski definition) is 1. The minimum absolute atomic E-state index is 0.0249. The lowest BCUT2D eigenvalue weighted by Crippen LogP contribution is -2.35. The van der Waals surface area contributed by atoms with Crippen molar-refractivity contribution < 1.29 is 19.6 Å². The molecule has 0 atom stereocenters.